The second kappa shape index (κ2) is 12.5. The van der Waals surface area contributed by atoms with E-state index in [0.717, 1.165) is 44.7 Å². The van der Waals surface area contributed by atoms with Crippen molar-refractivity contribution >= 4 is 29.9 Å². The SMILES string of the molecule is CCOCC1CCN(C(=NC)NCC2CCCN2CC2CCCCC2)C1.I. The van der Waals surface area contributed by atoms with Gasteiger partial charge in [-0.2, -0.15) is 0 Å². The van der Waals surface area contributed by atoms with E-state index in [1.807, 2.05) is 7.05 Å². The van der Waals surface area contributed by atoms with Crippen molar-refractivity contribution in [2.24, 2.45) is 16.8 Å². The minimum absolute atomic E-state index is 0. The number of nitrogens with one attached hydrogen (secondary N) is 1. The standard InChI is InChI=1S/C21H40N4O.HI/c1-3-26-17-19-11-13-25(16-19)21(22-2)23-14-20-10-7-12-24(20)15-18-8-5-4-6-9-18;/h18-20H,3-17H2,1-2H3,(H,22,23);1H. The van der Waals surface area contributed by atoms with E-state index in [4.69, 9.17) is 4.74 Å². The number of likely N-dealkylation sites (tertiary alicyclic amines) is 2. The van der Waals surface area contributed by atoms with Crippen molar-refractivity contribution in [3.63, 3.8) is 0 Å². The molecule has 0 aromatic heterocycles. The highest BCUT2D eigenvalue weighted by Crippen LogP contribution is 2.27. The zero-order chi connectivity index (χ0) is 18.2. The minimum atomic E-state index is 0. The zero-order valence-electron chi connectivity index (χ0n) is 17.5. The second-order valence-corrected chi connectivity index (χ2v) is 8.48. The van der Waals surface area contributed by atoms with Crippen LogP contribution in [0.25, 0.3) is 0 Å². The van der Waals surface area contributed by atoms with Crippen LogP contribution in [0.4, 0.5) is 0 Å². The molecule has 3 fully saturated rings. The van der Waals surface area contributed by atoms with E-state index in [2.05, 4.69) is 27.0 Å². The first-order valence-electron chi connectivity index (χ1n) is 11.1. The fourth-order valence-corrected chi connectivity index (χ4v) is 5.05. The highest BCUT2D eigenvalue weighted by Gasteiger charge is 2.29. The molecule has 1 saturated carbocycles. The maximum Gasteiger partial charge on any atom is 0.193 e. The summed E-state index contributed by atoms with van der Waals surface area (Å²) in [4.78, 5) is 9.74. The monoisotopic (exact) mass is 492 g/mol. The number of aliphatic imine (C=N–C) groups is 1. The number of hydrogen-bond acceptors (Lipinski definition) is 3. The van der Waals surface area contributed by atoms with E-state index < -0.39 is 0 Å². The highest BCUT2D eigenvalue weighted by atomic mass is 127. The molecule has 2 saturated heterocycles. The first-order chi connectivity index (χ1) is 12.8. The number of halogens is 1. The quantitative estimate of drug-likeness (QED) is 0.335. The largest absolute Gasteiger partial charge is 0.381 e. The maximum absolute atomic E-state index is 5.61. The average molecular weight is 492 g/mol. The third-order valence-electron chi connectivity index (χ3n) is 6.57. The van der Waals surface area contributed by atoms with Crippen molar-refractivity contribution in [1.29, 1.82) is 0 Å². The summed E-state index contributed by atoms with van der Waals surface area (Å²) in [7, 11) is 1.92. The van der Waals surface area contributed by atoms with E-state index in [1.165, 1.54) is 64.5 Å². The van der Waals surface area contributed by atoms with Crippen LogP contribution < -0.4 is 5.32 Å². The summed E-state index contributed by atoms with van der Waals surface area (Å²) in [5.74, 6) is 2.69. The number of hydrogen-bond donors (Lipinski definition) is 1. The molecule has 0 aromatic rings. The van der Waals surface area contributed by atoms with Gasteiger partial charge in [0.2, 0.25) is 0 Å². The summed E-state index contributed by atoms with van der Waals surface area (Å²) in [6, 6.07) is 0.690. The molecule has 0 aromatic carbocycles. The van der Waals surface area contributed by atoms with E-state index in [0.29, 0.717) is 12.0 Å². The molecule has 3 rings (SSSR count). The Morgan fingerprint density at radius 2 is 1.85 bits per heavy atom. The third kappa shape index (κ3) is 7.03. The fraction of sp³-hybridized carbons (Fsp3) is 0.952. The molecule has 6 heteroatoms. The molecular formula is C21H41IN4O. The molecule has 2 atom stereocenters. The first-order valence-corrected chi connectivity index (χ1v) is 11.1. The van der Waals surface area contributed by atoms with Crippen LogP contribution >= 0.6 is 24.0 Å². The first kappa shape index (κ1) is 23.2. The fourth-order valence-electron chi connectivity index (χ4n) is 5.05. The van der Waals surface area contributed by atoms with Crippen LogP contribution in [0.5, 0.6) is 0 Å². The number of rotatable bonds is 7. The van der Waals surface area contributed by atoms with Crippen molar-refractivity contribution in [3.05, 3.63) is 0 Å². The van der Waals surface area contributed by atoms with Gasteiger partial charge in [0.1, 0.15) is 0 Å². The number of ether oxygens (including phenoxy) is 1. The molecule has 2 unspecified atom stereocenters. The van der Waals surface area contributed by atoms with Crippen LogP contribution in [-0.4, -0.2) is 74.8 Å². The van der Waals surface area contributed by atoms with Crippen molar-refractivity contribution in [1.82, 2.24) is 15.1 Å². The Bertz CT molecular complexity index is 442. The van der Waals surface area contributed by atoms with Crippen LogP contribution in [0, 0.1) is 11.8 Å². The molecule has 0 radical (unpaired) electrons. The number of nitrogens with zero attached hydrogens (tertiary/aromatic N) is 3. The van der Waals surface area contributed by atoms with Gasteiger partial charge in [-0.05, 0) is 51.5 Å². The van der Waals surface area contributed by atoms with Gasteiger partial charge in [-0.25, -0.2) is 0 Å². The molecule has 2 heterocycles. The third-order valence-corrected chi connectivity index (χ3v) is 6.57. The summed E-state index contributed by atoms with van der Waals surface area (Å²) in [6.45, 7) is 9.64. The van der Waals surface area contributed by atoms with Gasteiger partial charge in [-0.15, -0.1) is 24.0 Å². The van der Waals surface area contributed by atoms with Crippen LogP contribution in [0.1, 0.15) is 58.3 Å². The summed E-state index contributed by atoms with van der Waals surface area (Å²) in [5.41, 5.74) is 0. The van der Waals surface area contributed by atoms with E-state index in [9.17, 15) is 0 Å². The van der Waals surface area contributed by atoms with Gasteiger partial charge in [-0.1, -0.05) is 19.3 Å². The normalized spacial score (nSPS) is 27.8. The van der Waals surface area contributed by atoms with Gasteiger partial charge >= 0.3 is 0 Å². The summed E-state index contributed by atoms with van der Waals surface area (Å²) < 4.78 is 5.61. The van der Waals surface area contributed by atoms with Gasteiger partial charge in [0.15, 0.2) is 5.96 Å². The molecule has 27 heavy (non-hydrogen) atoms. The van der Waals surface area contributed by atoms with Gasteiger partial charge in [0.05, 0.1) is 6.61 Å². The van der Waals surface area contributed by atoms with Crippen LogP contribution in [0.3, 0.4) is 0 Å². The smallest absolute Gasteiger partial charge is 0.193 e. The predicted octanol–water partition coefficient (Wildman–Crippen LogP) is 3.58. The summed E-state index contributed by atoms with van der Waals surface area (Å²) >= 11 is 0. The summed E-state index contributed by atoms with van der Waals surface area (Å²) in [6.07, 6.45) is 11.2. The van der Waals surface area contributed by atoms with Crippen LogP contribution in [-0.2, 0) is 4.74 Å². The van der Waals surface area contributed by atoms with Gasteiger partial charge in [-0.3, -0.25) is 9.89 Å². The maximum atomic E-state index is 5.61. The lowest BCUT2D eigenvalue weighted by Crippen LogP contribution is -2.47. The lowest BCUT2D eigenvalue weighted by molar-refractivity contribution is 0.114. The molecule has 0 bridgehead atoms. The van der Waals surface area contributed by atoms with Crippen molar-refractivity contribution in [2.75, 3.05) is 53.0 Å². The Hall–Kier alpha value is -0.0800. The van der Waals surface area contributed by atoms with Crippen LogP contribution in [0.2, 0.25) is 0 Å². The average Bonchev–Trinajstić information content (AvgIpc) is 3.31. The zero-order valence-corrected chi connectivity index (χ0v) is 19.8. The highest BCUT2D eigenvalue weighted by molar-refractivity contribution is 14.0. The lowest BCUT2D eigenvalue weighted by Gasteiger charge is -2.32. The summed E-state index contributed by atoms with van der Waals surface area (Å²) in [5, 5.41) is 3.69. The van der Waals surface area contributed by atoms with E-state index >= 15 is 0 Å². The Kier molecular flexibility index (Phi) is 10.7. The minimum Gasteiger partial charge on any atom is -0.381 e. The molecule has 5 nitrogen and oxygen atoms in total. The van der Waals surface area contributed by atoms with E-state index in [1.54, 1.807) is 0 Å². The Balaban J connectivity index is 0.00000261. The Morgan fingerprint density at radius 3 is 2.59 bits per heavy atom. The molecule has 2 aliphatic heterocycles. The van der Waals surface area contributed by atoms with Crippen molar-refractivity contribution < 1.29 is 4.74 Å². The molecule has 0 amide bonds. The van der Waals surface area contributed by atoms with Crippen molar-refractivity contribution in [3.8, 4) is 0 Å². The molecule has 3 aliphatic rings. The lowest BCUT2D eigenvalue weighted by atomic mass is 9.89. The van der Waals surface area contributed by atoms with Gasteiger partial charge < -0.3 is 15.0 Å². The topological polar surface area (TPSA) is 40.1 Å². The Labute approximate surface area is 183 Å². The molecular weight excluding hydrogens is 451 g/mol. The molecule has 158 valence electrons. The van der Waals surface area contributed by atoms with Crippen molar-refractivity contribution in [2.45, 2.75) is 64.3 Å². The second-order valence-electron chi connectivity index (χ2n) is 8.48. The van der Waals surface area contributed by atoms with Crippen LogP contribution in [0.15, 0.2) is 4.99 Å². The van der Waals surface area contributed by atoms with E-state index in [-0.39, 0.29) is 24.0 Å². The predicted molar refractivity (Wildman–Crippen MR) is 124 cm³/mol. The molecule has 0 spiro atoms. The number of guanidine groups is 1. The molecule has 1 aliphatic carbocycles. The molecule has 1 N–H and O–H groups in total. The Morgan fingerprint density at radius 1 is 1.04 bits per heavy atom. The van der Waals surface area contributed by atoms with Gasteiger partial charge in [0.25, 0.3) is 0 Å². The van der Waals surface area contributed by atoms with Gasteiger partial charge in [0, 0.05) is 51.8 Å².